The number of fused-ring (bicyclic) bond motifs is 2. The fourth-order valence-corrected chi connectivity index (χ4v) is 4.04. The molecule has 0 fully saturated rings. The van der Waals surface area contributed by atoms with E-state index >= 15 is 0 Å². The highest BCUT2D eigenvalue weighted by Gasteiger charge is 2.21. The van der Waals surface area contributed by atoms with E-state index < -0.39 is 0 Å². The summed E-state index contributed by atoms with van der Waals surface area (Å²) in [6.07, 6.45) is 7.37. The zero-order valence-corrected chi connectivity index (χ0v) is 17.2. The van der Waals surface area contributed by atoms with Crippen molar-refractivity contribution in [1.82, 2.24) is 24.7 Å². The Balaban J connectivity index is 1.47. The average molecular weight is 423 g/mol. The molecule has 2 N–H and O–H groups in total. The average Bonchev–Trinajstić information content (AvgIpc) is 3.45. The third kappa shape index (κ3) is 3.04. The molecule has 4 aromatic heterocycles. The van der Waals surface area contributed by atoms with Crippen LogP contribution in [-0.2, 0) is 7.05 Å². The number of nitrogens with zero attached hydrogens (tertiary/aromatic N) is 5. The Morgan fingerprint density at radius 3 is 2.66 bits per heavy atom. The predicted octanol–water partition coefficient (Wildman–Crippen LogP) is 4.38. The molecule has 0 aliphatic carbocycles. The maximum Gasteiger partial charge on any atom is 0.136 e. The van der Waals surface area contributed by atoms with Crippen molar-refractivity contribution < 1.29 is 4.39 Å². The van der Waals surface area contributed by atoms with E-state index in [1.807, 2.05) is 37.8 Å². The van der Waals surface area contributed by atoms with Crippen LogP contribution in [0.5, 0.6) is 0 Å². The van der Waals surface area contributed by atoms with Gasteiger partial charge in [-0.05, 0) is 42.5 Å². The number of aromatic nitrogens is 5. The second kappa shape index (κ2) is 7.12. The van der Waals surface area contributed by atoms with Gasteiger partial charge in [0.15, 0.2) is 0 Å². The van der Waals surface area contributed by atoms with Crippen molar-refractivity contribution in [3.05, 3.63) is 84.3 Å². The second-order valence-electron chi connectivity index (χ2n) is 7.68. The third-order valence-electron chi connectivity index (χ3n) is 5.59. The van der Waals surface area contributed by atoms with Crippen LogP contribution >= 0.6 is 0 Å². The highest BCUT2D eigenvalue weighted by atomic mass is 19.1. The van der Waals surface area contributed by atoms with Crippen LogP contribution in [0.15, 0.2) is 72.2 Å². The lowest BCUT2D eigenvalue weighted by molar-refractivity contribution is 0.628. The normalized spacial score (nSPS) is 13.0. The minimum Gasteiger partial charge on any atom is -0.353 e. The molecule has 1 aliphatic heterocycles. The molecule has 1 aromatic carbocycles. The summed E-state index contributed by atoms with van der Waals surface area (Å²) >= 11 is 0. The summed E-state index contributed by atoms with van der Waals surface area (Å²) in [7, 11) is 1.89. The number of pyridine rings is 2. The molecule has 6 rings (SSSR count). The quantitative estimate of drug-likeness (QED) is 0.451. The summed E-state index contributed by atoms with van der Waals surface area (Å²) in [4.78, 5) is 17.4. The first-order chi connectivity index (χ1) is 15.7. The Bertz CT molecular complexity index is 1490. The molecule has 5 heterocycles. The van der Waals surface area contributed by atoms with Crippen molar-refractivity contribution >= 4 is 22.4 Å². The zero-order chi connectivity index (χ0) is 21.7. The van der Waals surface area contributed by atoms with Crippen molar-refractivity contribution in [1.29, 1.82) is 0 Å². The fraction of sp³-hybridized carbons (Fsp3) is 0.0833. The number of halogens is 1. The summed E-state index contributed by atoms with van der Waals surface area (Å²) in [6.45, 7) is 0.444. The summed E-state index contributed by atoms with van der Waals surface area (Å²) < 4.78 is 15.2. The van der Waals surface area contributed by atoms with E-state index in [0.29, 0.717) is 6.67 Å². The van der Waals surface area contributed by atoms with Crippen LogP contribution in [-0.4, -0.2) is 37.1 Å². The maximum atomic E-state index is 13.4. The van der Waals surface area contributed by atoms with Gasteiger partial charge >= 0.3 is 0 Å². The first-order valence-electron chi connectivity index (χ1n) is 10.2. The lowest BCUT2D eigenvalue weighted by Crippen LogP contribution is -2.18. The number of hydrogen-bond acceptors (Lipinski definition) is 5. The van der Waals surface area contributed by atoms with Crippen molar-refractivity contribution in [3.63, 3.8) is 0 Å². The number of rotatable bonds is 3. The number of nitrogens with one attached hydrogen (secondary N) is 2. The van der Waals surface area contributed by atoms with Crippen LogP contribution in [0.1, 0.15) is 11.3 Å². The molecule has 5 aromatic rings. The molecule has 0 atom stereocenters. The summed E-state index contributed by atoms with van der Waals surface area (Å²) in [5.74, 6) is 0.520. The van der Waals surface area contributed by atoms with Gasteiger partial charge in [-0.3, -0.25) is 14.7 Å². The molecular formula is C24H18FN7. The van der Waals surface area contributed by atoms with E-state index in [1.54, 1.807) is 23.0 Å². The monoisotopic (exact) mass is 423 g/mol. The van der Waals surface area contributed by atoms with Crippen molar-refractivity contribution in [2.45, 2.75) is 0 Å². The van der Waals surface area contributed by atoms with Crippen LogP contribution in [0, 0.1) is 5.82 Å². The highest BCUT2D eigenvalue weighted by Crippen LogP contribution is 2.31. The van der Waals surface area contributed by atoms with Gasteiger partial charge in [0.1, 0.15) is 18.3 Å². The van der Waals surface area contributed by atoms with Crippen LogP contribution in [0.25, 0.3) is 33.3 Å². The Morgan fingerprint density at radius 1 is 0.969 bits per heavy atom. The number of aliphatic imine (C=N–C) groups is 1. The summed E-state index contributed by atoms with van der Waals surface area (Å²) in [6, 6.07) is 12.4. The summed E-state index contributed by atoms with van der Waals surface area (Å²) in [5, 5.41) is 8.45. The molecule has 0 saturated carbocycles. The molecule has 0 saturated heterocycles. The highest BCUT2D eigenvalue weighted by molar-refractivity contribution is 6.17. The van der Waals surface area contributed by atoms with Gasteiger partial charge in [-0.1, -0.05) is 0 Å². The number of H-pyrrole nitrogens is 1. The Kier molecular flexibility index (Phi) is 4.10. The van der Waals surface area contributed by atoms with Crippen molar-refractivity contribution in [2.24, 2.45) is 12.0 Å². The van der Waals surface area contributed by atoms with E-state index in [0.717, 1.165) is 56.1 Å². The van der Waals surface area contributed by atoms with Gasteiger partial charge in [0.2, 0.25) is 0 Å². The standard InChI is InChI=1S/C24H18FN7/c1-32-12-16(11-30-32)15-8-19-23(28-13-29-24(19)27-10-15)21-9-18-20(31-21)6-7-26-22(18)14-2-4-17(25)5-3-14/h2-12,31H,13H2,1H3,(H,27,29). The van der Waals surface area contributed by atoms with Crippen LogP contribution in [0.3, 0.4) is 0 Å². The number of anilines is 1. The van der Waals surface area contributed by atoms with E-state index in [2.05, 4.69) is 31.4 Å². The largest absolute Gasteiger partial charge is 0.353 e. The minimum atomic E-state index is -0.270. The van der Waals surface area contributed by atoms with Crippen molar-refractivity contribution in [3.8, 4) is 22.4 Å². The third-order valence-corrected chi connectivity index (χ3v) is 5.59. The molecule has 1 aliphatic rings. The molecule has 32 heavy (non-hydrogen) atoms. The Hall–Kier alpha value is -4.33. The number of aryl methyl sites for hydroxylation is 1. The fourth-order valence-electron chi connectivity index (χ4n) is 4.04. The number of benzene rings is 1. The van der Waals surface area contributed by atoms with Gasteiger partial charge in [0, 0.05) is 58.8 Å². The Morgan fingerprint density at radius 2 is 1.84 bits per heavy atom. The molecule has 0 amide bonds. The van der Waals surface area contributed by atoms with Crippen molar-refractivity contribution in [2.75, 3.05) is 12.0 Å². The zero-order valence-electron chi connectivity index (χ0n) is 17.2. The second-order valence-corrected chi connectivity index (χ2v) is 7.68. The Labute approximate surface area is 182 Å². The lowest BCUT2D eigenvalue weighted by atomic mass is 10.0. The summed E-state index contributed by atoms with van der Waals surface area (Å²) in [5.41, 5.74) is 7.18. The molecule has 0 unspecified atom stereocenters. The van der Waals surface area contributed by atoms with E-state index in [4.69, 9.17) is 4.99 Å². The lowest BCUT2D eigenvalue weighted by Gasteiger charge is -2.17. The molecule has 0 radical (unpaired) electrons. The molecular weight excluding hydrogens is 405 g/mol. The maximum absolute atomic E-state index is 13.4. The van der Waals surface area contributed by atoms with Gasteiger partial charge < -0.3 is 10.3 Å². The number of hydrogen-bond donors (Lipinski definition) is 2. The SMILES string of the molecule is Cn1cc(-c2cnc3c(c2)C(c2cc4c(-c5ccc(F)cc5)nccc4[nH]2)=NCN3)cn1. The van der Waals surface area contributed by atoms with Crippen LogP contribution in [0.4, 0.5) is 10.2 Å². The molecule has 156 valence electrons. The first kappa shape index (κ1) is 18.4. The first-order valence-corrected chi connectivity index (χ1v) is 10.2. The molecule has 7 nitrogen and oxygen atoms in total. The predicted molar refractivity (Wildman–Crippen MR) is 122 cm³/mol. The molecule has 8 heteroatoms. The molecule has 0 spiro atoms. The van der Waals surface area contributed by atoms with Gasteiger partial charge in [-0.25, -0.2) is 9.37 Å². The molecule has 0 bridgehead atoms. The topological polar surface area (TPSA) is 83.8 Å². The van der Waals surface area contributed by atoms with Gasteiger partial charge in [0.05, 0.1) is 23.3 Å². The van der Waals surface area contributed by atoms with E-state index in [1.165, 1.54) is 12.1 Å². The van der Waals surface area contributed by atoms with Gasteiger partial charge in [-0.2, -0.15) is 5.10 Å². The van der Waals surface area contributed by atoms with Crippen LogP contribution < -0.4 is 5.32 Å². The minimum absolute atomic E-state index is 0.270. The van der Waals surface area contributed by atoms with Crippen LogP contribution in [0.2, 0.25) is 0 Å². The van der Waals surface area contributed by atoms with E-state index in [-0.39, 0.29) is 5.82 Å². The number of aromatic amines is 1. The van der Waals surface area contributed by atoms with E-state index in [9.17, 15) is 4.39 Å². The smallest absolute Gasteiger partial charge is 0.136 e. The van der Waals surface area contributed by atoms with Gasteiger partial charge in [-0.15, -0.1) is 0 Å². The van der Waals surface area contributed by atoms with Gasteiger partial charge in [0.25, 0.3) is 0 Å².